The van der Waals surface area contributed by atoms with Crippen LogP contribution in [0, 0.1) is 0 Å². The number of nitrogens with two attached hydrogens (primary N) is 1. The van der Waals surface area contributed by atoms with Crippen molar-refractivity contribution in [2.24, 2.45) is 5.73 Å². The van der Waals surface area contributed by atoms with Gasteiger partial charge in [-0.05, 0) is 42.5 Å². The Morgan fingerprint density at radius 1 is 0.931 bits per heavy atom. The normalized spacial score (nSPS) is 10.9. The lowest BCUT2D eigenvalue weighted by Gasteiger charge is -2.10. The van der Waals surface area contributed by atoms with E-state index in [1.807, 2.05) is 0 Å². The number of halogens is 3. The van der Waals surface area contributed by atoms with E-state index in [-0.39, 0.29) is 30.8 Å². The Morgan fingerprint density at radius 2 is 1.59 bits per heavy atom. The number of benzene rings is 2. The number of alkyl halides is 3. The van der Waals surface area contributed by atoms with Crippen LogP contribution in [-0.4, -0.2) is 37.4 Å². The van der Waals surface area contributed by atoms with Crippen LogP contribution in [0.1, 0.15) is 26.3 Å². The van der Waals surface area contributed by atoms with E-state index in [9.17, 15) is 27.6 Å². The molecule has 0 atom stereocenters. The monoisotopic (exact) mass is 409 g/mol. The third kappa shape index (κ3) is 6.83. The number of primary amides is 1. The minimum absolute atomic E-state index is 0.0713. The Kier molecular flexibility index (Phi) is 7.18. The van der Waals surface area contributed by atoms with E-state index in [2.05, 4.69) is 10.6 Å². The Morgan fingerprint density at radius 3 is 2.21 bits per heavy atom. The van der Waals surface area contributed by atoms with E-state index < -0.39 is 29.5 Å². The number of amides is 3. The number of carbonyl (C=O) groups is 3. The maximum Gasteiger partial charge on any atom is 0.416 e. The van der Waals surface area contributed by atoms with Gasteiger partial charge in [-0.2, -0.15) is 13.2 Å². The van der Waals surface area contributed by atoms with Gasteiger partial charge in [-0.15, -0.1) is 0 Å². The molecular weight excluding hydrogens is 391 g/mol. The Labute approximate surface area is 164 Å². The second kappa shape index (κ2) is 9.58. The number of carbonyl (C=O) groups excluding carboxylic acids is 3. The summed E-state index contributed by atoms with van der Waals surface area (Å²) in [7, 11) is 0. The molecule has 0 saturated heterocycles. The molecule has 0 fully saturated rings. The molecule has 154 valence electrons. The van der Waals surface area contributed by atoms with Crippen molar-refractivity contribution < 1.29 is 32.3 Å². The second-order valence-electron chi connectivity index (χ2n) is 5.86. The van der Waals surface area contributed by atoms with Crippen LogP contribution in [-0.2, 0) is 11.0 Å². The lowest BCUT2D eigenvalue weighted by atomic mass is 10.1. The van der Waals surface area contributed by atoms with Gasteiger partial charge in [0.05, 0.1) is 5.56 Å². The van der Waals surface area contributed by atoms with Crippen LogP contribution < -0.4 is 21.1 Å². The predicted molar refractivity (Wildman–Crippen MR) is 97.2 cm³/mol. The molecule has 2 aromatic rings. The van der Waals surface area contributed by atoms with Gasteiger partial charge in [0, 0.05) is 24.2 Å². The van der Waals surface area contributed by atoms with Gasteiger partial charge >= 0.3 is 6.18 Å². The smallest absolute Gasteiger partial charge is 0.416 e. The molecule has 10 heteroatoms. The summed E-state index contributed by atoms with van der Waals surface area (Å²) in [6, 6.07) is 9.82. The molecule has 0 aliphatic rings. The average molecular weight is 409 g/mol. The molecule has 29 heavy (non-hydrogen) atoms. The molecule has 0 saturated carbocycles. The Bertz CT molecular complexity index is 883. The first-order valence-corrected chi connectivity index (χ1v) is 8.41. The first kappa shape index (κ1) is 21.7. The lowest BCUT2D eigenvalue weighted by Crippen LogP contribution is -2.36. The molecule has 0 spiro atoms. The summed E-state index contributed by atoms with van der Waals surface area (Å²) in [5, 5.41) is 4.99. The Hall–Kier alpha value is -3.56. The van der Waals surface area contributed by atoms with Crippen molar-refractivity contribution in [1.29, 1.82) is 0 Å². The van der Waals surface area contributed by atoms with Crippen LogP contribution in [0.2, 0.25) is 0 Å². The van der Waals surface area contributed by atoms with E-state index in [0.29, 0.717) is 5.75 Å². The van der Waals surface area contributed by atoms with Crippen molar-refractivity contribution in [1.82, 2.24) is 10.6 Å². The Balaban J connectivity index is 1.70. The van der Waals surface area contributed by atoms with Gasteiger partial charge in [-0.25, -0.2) is 0 Å². The summed E-state index contributed by atoms with van der Waals surface area (Å²) >= 11 is 0. The summed E-state index contributed by atoms with van der Waals surface area (Å²) in [4.78, 5) is 34.7. The molecule has 7 nitrogen and oxygen atoms in total. The van der Waals surface area contributed by atoms with Crippen molar-refractivity contribution in [2.75, 3.05) is 19.7 Å². The molecule has 4 N–H and O–H groups in total. The van der Waals surface area contributed by atoms with Crippen LogP contribution in [0.25, 0.3) is 0 Å². The molecule has 0 aliphatic heterocycles. The minimum atomic E-state index is -4.47. The van der Waals surface area contributed by atoms with E-state index in [0.717, 1.165) is 24.3 Å². The fourth-order valence-electron chi connectivity index (χ4n) is 2.23. The number of hydrogen-bond donors (Lipinski definition) is 3. The van der Waals surface area contributed by atoms with Crippen molar-refractivity contribution in [3.05, 3.63) is 65.2 Å². The van der Waals surface area contributed by atoms with Crippen molar-refractivity contribution in [3.8, 4) is 5.75 Å². The summed E-state index contributed by atoms with van der Waals surface area (Å²) in [6.45, 7) is -0.145. The van der Waals surface area contributed by atoms with E-state index >= 15 is 0 Å². The molecular formula is C19H18F3N3O4. The third-order valence-corrected chi connectivity index (χ3v) is 3.70. The van der Waals surface area contributed by atoms with Crippen molar-refractivity contribution in [3.63, 3.8) is 0 Å². The molecule has 0 aromatic heterocycles. The van der Waals surface area contributed by atoms with Crippen LogP contribution in [0.5, 0.6) is 5.75 Å². The summed E-state index contributed by atoms with van der Waals surface area (Å²) in [5.41, 5.74) is 4.63. The lowest BCUT2D eigenvalue weighted by molar-refractivity contribution is -0.137. The van der Waals surface area contributed by atoms with Gasteiger partial charge in [0.15, 0.2) is 6.61 Å². The highest BCUT2D eigenvalue weighted by atomic mass is 19.4. The van der Waals surface area contributed by atoms with E-state index in [1.54, 1.807) is 12.1 Å². The zero-order valence-corrected chi connectivity index (χ0v) is 15.1. The zero-order chi connectivity index (χ0) is 21.4. The molecule has 2 aromatic carbocycles. The zero-order valence-electron chi connectivity index (χ0n) is 15.1. The van der Waals surface area contributed by atoms with Gasteiger partial charge in [-0.3, -0.25) is 14.4 Å². The van der Waals surface area contributed by atoms with Crippen molar-refractivity contribution in [2.45, 2.75) is 6.18 Å². The largest absolute Gasteiger partial charge is 0.484 e. The maximum absolute atomic E-state index is 12.5. The predicted octanol–water partition coefficient (Wildman–Crippen LogP) is 1.73. The molecule has 2 rings (SSSR count). The van der Waals surface area contributed by atoms with Gasteiger partial charge in [0.25, 0.3) is 11.8 Å². The highest BCUT2D eigenvalue weighted by molar-refractivity contribution is 5.94. The maximum atomic E-state index is 12.5. The van der Waals surface area contributed by atoms with Crippen LogP contribution in [0.4, 0.5) is 13.2 Å². The number of ether oxygens (including phenoxy) is 1. The van der Waals surface area contributed by atoms with Crippen LogP contribution in [0.15, 0.2) is 48.5 Å². The number of rotatable bonds is 8. The van der Waals surface area contributed by atoms with Crippen LogP contribution >= 0.6 is 0 Å². The fourth-order valence-corrected chi connectivity index (χ4v) is 2.23. The standard InChI is InChI=1S/C19H18F3N3O4/c20-19(21,22)14-6-4-12(5-7-14)18(28)25-9-8-24-16(26)11-29-15-3-1-2-13(10-15)17(23)27/h1-7,10H,8-9,11H2,(H2,23,27)(H,24,26)(H,25,28). The van der Waals surface area contributed by atoms with E-state index in [4.69, 9.17) is 10.5 Å². The summed E-state index contributed by atoms with van der Waals surface area (Å²) in [5.74, 6) is -1.35. The molecule has 0 aliphatic carbocycles. The fraction of sp³-hybridized carbons (Fsp3) is 0.211. The molecule has 3 amide bonds. The quantitative estimate of drug-likeness (QED) is 0.577. The average Bonchev–Trinajstić information content (AvgIpc) is 2.69. The molecule has 0 unspecified atom stereocenters. The SMILES string of the molecule is NC(=O)c1cccc(OCC(=O)NCCNC(=O)c2ccc(C(F)(F)F)cc2)c1. The van der Waals surface area contributed by atoms with Crippen LogP contribution in [0.3, 0.4) is 0 Å². The summed E-state index contributed by atoms with van der Waals surface area (Å²) < 4.78 is 42.7. The molecule has 0 radical (unpaired) electrons. The number of hydrogen-bond acceptors (Lipinski definition) is 4. The highest BCUT2D eigenvalue weighted by Gasteiger charge is 2.30. The molecule has 0 heterocycles. The minimum Gasteiger partial charge on any atom is -0.484 e. The molecule has 0 bridgehead atoms. The van der Waals surface area contributed by atoms with Crippen molar-refractivity contribution >= 4 is 17.7 Å². The number of nitrogens with one attached hydrogen (secondary N) is 2. The van der Waals surface area contributed by atoms with Gasteiger partial charge in [-0.1, -0.05) is 6.07 Å². The van der Waals surface area contributed by atoms with Gasteiger partial charge in [0.2, 0.25) is 5.91 Å². The highest BCUT2D eigenvalue weighted by Crippen LogP contribution is 2.29. The third-order valence-electron chi connectivity index (χ3n) is 3.70. The second-order valence-corrected chi connectivity index (χ2v) is 5.86. The van der Waals surface area contributed by atoms with E-state index in [1.165, 1.54) is 12.1 Å². The topological polar surface area (TPSA) is 111 Å². The van der Waals surface area contributed by atoms with Gasteiger partial charge < -0.3 is 21.1 Å². The first-order chi connectivity index (χ1) is 13.7. The van der Waals surface area contributed by atoms with Gasteiger partial charge in [0.1, 0.15) is 5.75 Å². The first-order valence-electron chi connectivity index (χ1n) is 8.41. The summed E-state index contributed by atoms with van der Waals surface area (Å²) in [6.07, 6.45) is -4.47.